The summed E-state index contributed by atoms with van der Waals surface area (Å²) in [5.41, 5.74) is 2.77. The Kier molecular flexibility index (Phi) is 7.38. The van der Waals surface area contributed by atoms with Crippen molar-refractivity contribution in [3.8, 4) is 0 Å². The summed E-state index contributed by atoms with van der Waals surface area (Å²) in [6, 6.07) is 9.90. The predicted octanol–water partition coefficient (Wildman–Crippen LogP) is 3.40. The number of Topliss-reactive ketones (excluding diaryl/α,β-unsaturated/α-hetero) is 1. The van der Waals surface area contributed by atoms with Crippen LogP contribution in [0.3, 0.4) is 0 Å². The normalized spacial score (nSPS) is 21.9. The fraction of sp³-hybridized carbons (Fsp3) is 0.444. The molecular formula is C27H32ClFN4O3. The molecule has 2 aromatic carbocycles. The number of hydrogen-bond donors (Lipinski definition) is 0. The van der Waals surface area contributed by atoms with Crippen LogP contribution in [0.15, 0.2) is 36.4 Å². The van der Waals surface area contributed by atoms with Crippen LogP contribution >= 0.6 is 11.6 Å². The van der Waals surface area contributed by atoms with E-state index < -0.39 is 17.6 Å². The lowest BCUT2D eigenvalue weighted by atomic mass is 9.94. The van der Waals surface area contributed by atoms with E-state index in [2.05, 4.69) is 11.8 Å². The van der Waals surface area contributed by atoms with Crippen LogP contribution in [0, 0.1) is 5.82 Å². The highest BCUT2D eigenvalue weighted by Gasteiger charge is 2.39. The third kappa shape index (κ3) is 4.97. The average molecular weight is 515 g/mol. The topological polar surface area (TPSA) is 64.2 Å². The van der Waals surface area contributed by atoms with E-state index in [1.165, 1.54) is 17.0 Å². The number of likely N-dealkylation sites (N-methyl/N-ethyl adjacent to an activating group) is 2. The van der Waals surface area contributed by atoms with Gasteiger partial charge in [-0.3, -0.25) is 19.3 Å². The zero-order valence-corrected chi connectivity index (χ0v) is 22.1. The van der Waals surface area contributed by atoms with E-state index in [0.29, 0.717) is 42.3 Å². The molecule has 9 heteroatoms. The van der Waals surface area contributed by atoms with Gasteiger partial charge in [-0.05, 0) is 49.2 Å². The highest BCUT2D eigenvalue weighted by molar-refractivity contribution is 6.39. The Balaban J connectivity index is 1.55. The molecule has 2 aliphatic heterocycles. The number of halogens is 2. The van der Waals surface area contributed by atoms with E-state index in [1.54, 1.807) is 38.4 Å². The van der Waals surface area contributed by atoms with Crippen molar-refractivity contribution < 1.29 is 18.8 Å². The first-order valence-electron chi connectivity index (χ1n) is 12.1. The number of hydrogen-bond acceptors (Lipinski definition) is 5. The molecule has 0 saturated carbocycles. The van der Waals surface area contributed by atoms with E-state index in [4.69, 9.17) is 11.6 Å². The second-order valence-corrected chi connectivity index (χ2v) is 10.5. The third-order valence-corrected chi connectivity index (χ3v) is 7.51. The number of carbonyl (C=O) groups is 3. The van der Waals surface area contributed by atoms with Gasteiger partial charge in [0.1, 0.15) is 5.82 Å². The fourth-order valence-corrected chi connectivity index (χ4v) is 5.34. The maximum Gasteiger partial charge on any atom is 0.290 e. The summed E-state index contributed by atoms with van der Waals surface area (Å²) in [6.07, 6.45) is 0. The van der Waals surface area contributed by atoms with Gasteiger partial charge in [0.05, 0.1) is 16.5 Å². The standard InChI is InChI=1S/C27H32ClFN4O3/c1-16-13-33(17(2)12-32(16)14-18-6-8-19(29)9-7-18)26(35)21-10-20-22(25(34)27(36)30(3)4)15-31(5)24(20)11-23(21)28/h6-11,16-17,22H,12-15H2,1-5H3/t16-,17+,22?/m0/s1. The molecule has 0 radical (unpaired) electrons. The molecule has 0 aliphatic carbocycles. The van der Waals surface area contributed by atoms with Crippen LogP contribution in [0.4, 0.5) is 10.1 Å². The van der Waals surface area contributed by atoms with Crippen molar-refractivity contribution >= 4 is 34.9 Å². The average Bonchev–Trinajstić information content (AvgIpc) is 3.15. The van der Waals surface area contributed by atoms with Crippen LogP contribution in [0.5, 0.6) is 0 Å². The number of carbonyl (C=O) groups excluding carboxylic acids is 3. The molecule has 1 unspecified atom stereocenters. The smallest absolute Gasteiger partial charge is 0.290 e. The predicted molar refractivity (Wildman–Crippen MR) is 138 cm³/mol. The number of nitrogens with zero attached hydrogens (tertiary/aromatic N) is 4. The van der Waals surface area contributed by atoms with E-state index in [-0.39, 0.29) is 23.8 Å². The van der Waals surface area contributed by atoms with Gasteiger partial charge in [-0.2, -0.15) is 0 Å². The van der Waals surface area contributed by atoms with Crippen molar-refractivity contribution in [2.45, 2.75) is 38.4 Å². The molecule has 2 heterocycles. The van der Waals surface area contributed by atoms with E-state index in [1.807, 2.05) is 23.8 Å². The highest BCUT2D eigenvalue weighted by atomic mass is 35.5. The van der Waals surface area contributed by atoms with Gasteiger partial charge in [0.15, 0.2) is 0 Å². The maximum absolute atomic E-state index is 13.7. The van der Waals surface area contributed by atoms with Gasteiger partial charge in [0, 0.05) is 65.1 Å². The number of ketones is 1. The number of benzene rings is 2. The lowest BCUT2D eigenvalue weighted by molar-refractivity contribution is -0.143. The molecule has 36 heavy (non-hydrogen) atoms. The van der Waals surface area contributed by atoms with Crippen LogP contribution in [0.2, 0.25) is 5.02 Å². The Morgan fingerprint density at radius 3 is 2.33 bits per heavy atom. The Bertz CT molecular complexity index is 1190. The van der Waals surface area contributed by atoms with Crippen LogP contribution in [-0.2, 0) is 16.1 Å². The molecule has 2 aromatic rings. The first-order chi connectivity index (χ1) is 17.0. The summed E-state index contributed by atoms with van der Waals surface area (Å²) in [4.78, 5) is 46.2. The van der Waals surface area contributed by atoms with Gasteiger partial charge in [-0.25, -0.2) is 4.39 Å². The quantitative estimate of drug-likeness (QED) is 0.572. The Labute approximate surface area is 216 Å². The van der Waals surface area contributed by atoms with Gasteiger partial charge in [0.2, 0.25) is 5.78 Å². The molecule has 0 bridgehead atoms. The maximum atomic E-state index is 13.7. The van der Waals surface area contributed by atoms with Crippen molar-refractivity contribution in [3.63, 3.8) is 0 Å². The van der Waals surface area contributed by atoms with Gasteiger partial charge < -0.3 is 14.7 Å². The number of rotatable bonds is 5. The van der Waals surface area contributed by atoms with E-state index in [0.717, 1.165) is 11.3 Å². The Hall–Kier alpha value is -2.97. The summed E-state index contributed by atoms with van der Waals surface area (Å²) in [7, 11) is 4.94. The minimum Gasteiger partial charge on any atom is -0.373 e. The number of anilines is 1. The minimum atomic E-state index is -0.646. The Morgan fingerprint density at radius 1 is 1.03 bits per heavy atom. The van der Waals surface area contributed by atoms with Crippen molar-refractivity contribution in [3.05, 3.63) is 63.9 Å². The molecule has 1 fully saturated rings. The van der Waals surface area contributed by atoms with Crippen molar-refractivity contribution in [1.82, 2.24) is 14.7 Å². The van der Waals surface area contributed by atoms with E-state index >= 15 is 0 Å². The van der Waals surface area contributed by atoms with Crippen molar-refractivity contribution in [2.24, 2.45) is 0 Å². The van der Waals surface area contributed by atoms with E-state index in [9.17, 15) is 18.8 Å². The largest absolute Gasteiger partial charge is 0.373 e. The zero-order valence-electron chi connectivity index (χ0n) is 21.3. The van der Waals surface area contributed by atoms with Crippen LogP contribution < -0.4 is 4.90 Å². The number of fused-ring (bicyclic) bond motifs is 1. The van der Waals surface area contributed by atoms with Crippen molar-refractivity contribution in [1.29, 1.82) is 0 Å². The van der Waals surface area contributed by atoms with Crippen LogP contribution in [0.25, 0.3) is 0 Å². The highest BCUT2D eigenvalue weighted by Crippen LogP contribution is 2.40. The first-order valence-corrected chi connectivity index (χ1v) is 12.4. The minimum absolute atomic E-state index is 0.0751. The second-order valence-electron chi connectivity index (χ2n) is 10.1. The molecule has 0 spiro atoms. The monoisotopic (exact) mass is 514 g/mol. The van der Waals surface area contributed by atoms with Crippen LogP contribution in [-0.4, -0.2) is 85.2 Å². The second kappa shape index (κ2) is 10.2. The third-order valence-electron chi connectivity index (χ3n) is 7.20. The molecule has 2 amide bonds. The van der Waals surface area contributed by atoms with Gasteiger partial charge in [-0.15, -0.1) is 0 Å². The fourth-order valence-electron chi connectivity index (χ4n) is 5.10. The molecule has 192 valence electrons. The molecule has 0 aromatic heterocycles. The summed E-state index contributed by atoms with van der Waals surface area (Å²) in [6.45, 7) is 6.26. The lowest BCUT2D eigenvalue weighted by Gasteiger charge is -2.44. The SMILES string of the molecule is C[C@@H]1CN(Cc2ccc(F)cc2)[C@@H](C)CN1C(=O)c1cc2c(cc1Cl)N(C)CC2C(=O)C(=O)N(C)C. The van der Waals surface area contributed by atoms with Gasteiger partial charge in [0.25, 0.3) is 11.8 Å². The van der Waals surface area contributed by atoms with Crippen molar-refractivity contribution in [2.75, 3.05) is 45.7 Å². The molecule has 7 nitrogen and oxygen atoms in total. The zero-order chi connectivity index (χ0) is 26.3. The number of piperazine rings is 1. The Morgan fingerprint density at radius 2 is 1.69 bits per heavy atom. The molecule has 1 saturated heterocycles. The first kappa shape index (κ1) is 26.1. The summed E-state index contributed by atoms with van der Waals surface area (Å²) in [5, 5.41) is 0.325. The van der Waals surface area contributed by atoms with Gasteiger partial charge in [-0.1, -0.05) is 23.7 Å². The van der Waals surface area contributed by atoms with Gasteiger partial charge >= 0.3 is 0 Å². The lowest BCUT2D eigenvalue weighted by Crippen LogP contribution is -2.57. The summed E-state index contributed by atoms with van der Waals surface area (Å²) >= 11 is 6.59. The summed E-state index contributed by atoms with van der Waals surface area (Å²) < 4.78 is 13.3. The molecule has 0 N–H and O–H groups in total. The molecule has 3 atom stereocenters. The number of amides is 2. The molecular weight excluding hydrogens is 483 g/mol. The molecule has 4 rings (SSSR count). The van der Waals surface area contributed by atoms with Crippen LogP contribution in [0.1, 0.15) is 41.3 Å². The summed E-state index contributed by atoms with van der Waals surface area (Å²) in [5.74, 6) is -2.16. The molecule has 2 aliphatic rings.